The Morgan fingerprint density at radius 1 is 0.149 bits per heavy atom. The van der Waals surface area contributed by atoms with Gasteiger partial charge in [-0.3, -0.25) is 9.55 Å². The van der Waals surface area contributed by atoms with Gasteiger partial charge in [0.1, 0.15) is 5.82 Å². The van der Waals surface area contributed by atoms with Crippen molar-refractivity contribution in [3.8, 4) is 146 Å². The van der Waals surface area contributed by atoms with E-state index in [4.69, 9.17) is 29.9 Å². The number of pyridine rings is 2. The highest BCUT2D eigenvalue weighted by Gasteiger charge is 2.23. The maximum absolute atomic E-state index is 5.15. The lowest BCUT2D eigenvalue weighted by Gasteiger charge is -2.12. The molecule has 8 aromatic heterocycles. The summed E-state index contributed by atoms with van der Waals surface area (Å²) in [6.07, 6.45) is 3.79. The summed E-state index contributed by atoms with van der Waals surface area (Å²) in [4.78, 5) is 30.2. The zero-order valence-electron chi connectivity index (χ0n) is 72.7. The molecular formula is C124H80N10. The third-order valence-corrected chi connectivity index (χ3v) is 26.2. The Morgan fingerprint density at radius 3 is 0.881 bits per heavy atom. The fraction of sp³-hybridized carbons (Fsp3) is 0. The molecule has 26 aromatic rings. The first-order valence-corrected chi connectivity index (χ1v) is 45.3. The fourth-order valence-electron chi connectivity index (χ4n) is 19.7. The summed E-state index contributed by atoms with van der Waals surface area (Å²) >= 11 is 0. The first-order chi connectivity index (χ1) is 66.4. The van der Waals surface area contributed by atoms with Crippen LogP contribution in [0.3, 0.4) is 0 Å². The standard InChI is InChI=1S/C62H40N6.C62H40N4/c1-4-15-42(16-5-1)54-23-14-26-61(64-54)68-58-25-13-11-22-51(58)53-36-45(29-34-60(53)68)41-27-31-49(32-28-41)67-57-24-12-10-21-50(57)52-37-46(30-33-59(52)67)47-35-48(40-63-39-47)62-65-55(43-17-6-2-7-18-43)38-56(66-62)44-19-8-3-9-20-44;1-3-15-44(16-4-1)55-40-56(45-17-5-2-6-18-45)64-62(63-55)46-28-26-41(27-29-46)47-32-36-60-53(38-47)51-21-9-11-23-58(51)65(60)49-34-30-42(31-35-49)48-33-37-61-54(39-48)52-22-10-12-24-59(52)66(61)57-25-13-19-43-14-7-8-20-50(43)57/h1-40H;1-40H. The Bertz CT molecular complexity index is 8890. The minimum absolute atomic E-state index is 0.634. The first kappa shape index (κ1) is 78.2. The number of fused-ring (bicyclic) bond motifs is 13. The summed E-state index contributed by atoms with van der Waals surface area (Å²) in [6, 6.07) is 168. The van der Waals surface area contributed by atoms with Crippen molar-refractivity contribution in [3.05, 3.63) is 486 Å². The van der Waals surface area contributed by atoms with E-state index in [1.54, 1.807) is 0 Å². The molecule has 0 bridgehead atoms. The number of aromatic nitrogens is 10. The molecule has 8 heterocycles. The summed E-state index contributed by atoms with van der Waals surface area (Å²) in [5, 5.41) is 12.2. The summed E-state index contributed by atoms with van der Waals surface area (Å²) < 4.78 is 9.47. The van der Waals surface area contributed by atoms with Crippen LogP contribution < -0.4 is 0 Å². The molecule has 0 aliphatic rings. The van der Waals surface area contributed by atoms with E-state index in [9.17, 15) is 0 Å². The second kappa shape index (κ2) is 33.2. The van der Waals surface area contributed by atoms with Crippen molar-refractivity contribution in [1.29, 1.82) is 0 Å². The second-order valence-corrected chi connectivity index (χ2v) is 34.1. The maximum Gasteiger partial charge on any atom is 0.161 e. The quantitative estimate of drug-likeness (QED) is 0.101. The van der Waals surface area contributed by atoms with Gasteiger partial charge in [-0.05, 0) is 178 Å². The molecule has 0 amide bonds. The Balaban J connectivity index is 0.000000143. The highest BCUT2D eigenvalue weighted by Crippen LogP contribution is 2.44. The number of nitrogens with zero attached hydrogens (tertiary/aromatic N) is 10. The van der Waals surface area contributed by atoms with Gasteiger partial charge in [-0.1, -0.05) is 340 Å². The zero-order valence-corrected chi connectivity index (χ0v) is 72.7. The molecule has 0 saturated carbocycles. The Kier molecular flexibility index (Phi) is 19.4. The molecule has 0 fully saturated rings. The van der Waals surface area contributed by atoms with Gasteiger partial charge in [0.25, 0.3) is 0 Å². The topological polar surface area (TPSA) is 97.1 Å². The average Bonchev–Trinajstić information content (AvgIpc) is 1.58. The molecule has 0 atom stereocenters. The van der Waals surface area contributed by atoms with Crippen LogP contribution in [0.2, 0.25) is 0 Å². The minimum Gasteiger partial charge on any atom is -0.309 e. The van der Waals surface area contributed by atoms with E-state index in [-0.39, 0.29) is 0 Å². The molecule has 0 aliphatic carbocycles. The van der Waals surface area contributed by atoms with Gasteiger partial charge in [-0.15, -0.1) is 0 Å². The van der Waals surface area contributed by atoms with Crippen molar-refractivity contribution >= 4 is 98.0 Å². The monoisotopic (exact) mass is 1710 g/mol. The molecule has 626 valence electrons. The number of hydrogen-bond acceptors (Lipinski definition) is 6. The zero-order chi connectivity index (χ0) is 88.5. The van der Waals surface area contributed by atoms with Crippen molar-refractivity contribution in [2.24, 2.45) is 0 Å². The lowest BCUT2D eigenvalue weighted by molar-refractivity contribution is 1.08. The van der Waals surface area contributed by atoms with Gasteiger partial charge in [0, 0.05) is 117 Å². The lowest BCUT2D eigenvalue weighted by Crippen LogP contribution is -1.98. The predicted octanol–water partition coefficient (Wildman–Crippen LogP) is 31.6. The highest BCUT2D eigenvalue weighted by atomic mass is 15.1. The molecule has 26 rings (SSSR count). The molecule has 0 radical (unpaired) electrons. The summed E-state index contributed by atoms with van der Waals surface area (Å²) in [6.45, 7) is 0. The minimum atomic E-state index is 0.634. The van der Waals surface area contributed by atoms with Gasteiger partial charge in [-0.25, -0.2) is 24.9 Å². The van der Waals surface area contributed by atoms with Crippen LogP contribution in [0.25, 0.3) is 244 Å². The van der Waals surface area contributed by atoms with E-state index >= 15 is 0 Å². The lowest BCUT2D eigenvalue weighted by atomic mass is 10.0. The van der Waals surface area contributed by atoms with Crippen molar-refractivity contribution in [2.45, 2.75) is 0 Å². The van der Waals surface area contributed by atoms with Crippen LogP contribution in [0.5, 0.6) is 0 Å². The smallest absolute Gasteiger partial charge is 0.161 e. The molecule has 18 aromatic carbocycles. The van der Waals surface area contributed by atoms with E-state index in [1.165, 1.54) is 92.7 Å². The summed E-state index contributed by atoms with van der Waals surface area (Å²) in [5.41, 5.74) is 33.4. The molecule has 0 saturated heterocycles. The van der Waals surface area contributed by atoms with Gasteiger partial charge in [0.2, 0.25) is 0 Å². The van der Waals surface area contributed by atoms with Crippen molar-refractivity contribution in [3.63, 3.8) is 0 Å². The van der Waals surface area contributed by atoms with Crippen LogP contribution in [-0.2, 0) is 0 Å². The Morgan fingerprint density at radius 2 is 0.448 bits per heavy atom. The molecule has 0 aliphatic heterocycles. The van der Waals surface area contributed by atoms with Gasteiger partial charge >= 0.3 is 0 Å². The normalized spacial score (nSPS) is 11.6. The van der Waals surface area contributed by atoms with Crippen molar-refractivity contribution in [2.75, 3.05) is 0 Å². The van der Waals surface area contributed by atoms with Crippen LogP contribution in [0.15, 0.2) is 486 Å². The van der Waals surface area contributed by atoms with Gasteiger partial charge in [0.05, 0.1) is 78.3 Å². The molecule has 10 nitrogen and oxygen atoms in total. The van der Waals surface area contributed by atoms with Gasteiger partial charge in [0.15, 0.2) is 11.6 Å². The van der Waals surface area contributed by atoms with E-state index in [0.717, 1.165) is 140 Å². The molecule has 0 spiro atoms. The second-order valence-electron chi connectivity index (χ2n) is 34.1. The van der Waals surface area contributed by atoms with Crippen LogP contribution in [0.1, 0.15) is 0 Å². The predicted molar refractivity (Wildman–Crippen MR) is 554 cm³/mol. The Labute approximate surface area is 772 Å². The maximum atomic E-state index is 5.15. The van der Waals surface area contributed by atoms with Crippen molar-refractivity contribution in [1.82, 2.24) is 48.2 Å². The van der Waals surface area contributed by atoms with Crippen molar-refractivity contribution < 1.29 is 0 Å². The fourth-order valence-corrected chi connectivity index (χ4v) is 19.7. The average molecular weight is 1710 g/mol. The van der Waals surface area contributed by atoms with Gasteiger partial charge in [-0.2, -0.15) is 0 Å². The third kappa shape index (κ3) is 14.1. The van der Waals surface area contributed by atoms with E-state index in [2.05, 4.69) is 413 Å². The summed E-state index contributed by atoms with van der Waals surface area (Å²) in [7, 11) is 0. The molecule has 0 unspecified atom stereocenters. The Hall–Kier alpha value is -18.1. The van der Waals surface area contributed by atoms with Gasteiger partial charge < -0.3 is 13.7 Å². The highest BCUT2D eigenvalue weighted by molar-refractivity contribution is 6.15. The molecule has 0 N–H and O–H groups in total. The van der Waals surface area contributed by atoms with E-state index < -0.39 is 0 Å². The summed E-state index contributed by atoms with van der Waals surface area (Å²) in [5.74, 6) is 2.24. The van der Waals surface area contributed by atoms with Crippen LogP contribution in [0, 0.1) is 0 Å². The number of benzene rings is 18. The molecular weight excluding hydrogens is 1630 g/mol. The first-order valence-electron chi connectivity index (χ1n) is 45.3. The number of para-hydroxylation sites is 4. The van der Waals surface area contributed by atoms with Crippen LogP contribution in [0.4, 0.5) is 0 Å². The molecule has 10 heteroatoms. The largest absolute Gasteiger partial charge is 0.309 e. The van der Waals surface area contributed by atoms with Crippen LogP contribution in [-0.4, -0.2) is 48.2 Å². The number of rotatable bonds is 15. The third-order valence-electron chi connectivity index (χ3n) is 26.2. The SMILES string of the molecule is c1ccc(-c2cc(-c3ccccc3)nc(-c3ccc(-c4ccc5c(c4)c4ccccc4n5-c4ccc(-c5ccc6c(c5)c5ccccc5n6-c5cccc6ccccc56)cc4)cc3)n2)cc1.c1ccc(-c2cccc(-n3c4ccccc4c4cc(-c5ccc(-n6c7ccccc7c7cc(-c8cncc(-c9nc(-c%10ccccc%10)cc(-c%10ccccc%10)n9)c8)ccc76)cc5)ccc43)n2)cc1. The van der Waals surface area contributed by atoms with E-state index in [0.29, 0.717) is 11.6 Å². The number of hydrogen-bond donors (Lipinski definition) is 0. The van der Waals surface area contributed by atoms with Crippen LogP contribution >= 0.6 is 0 Å². The molecule has 134 heavy (non-hydrogen) atoms. The van der Waals surface area contributed by atoms with E-state index in [1.807, 2.05) is 91.3 Å².